The summed E-state index contributed by atoms with van der Waals surface area (Å²) in [4.78, 5) is 2.07. The van der Waals surface area contributed by atoms with Gasteiger partial charge in [-0.3, -0.25) is 5.41 Å². The van der Waals surface area contributed by atoms with Crippen LogP contribution in [-0.2, 0) is 0 Å². The van der Waals surface area contributed by atoms with E-state index in [1.54, 1.807) is 6.07 Å². The highest BCUT2D eigenvalue weighted by Gasteiger charge is 2.18. The molecule has 3 N–H and O–H groups in total. The van der Waals surface area contributed by atoms with Crippen LogP contribution in [-0.4, -0.2) is 18.4 Å². The van der Waals surface area contributed by atoms with Gasteiger partial charge in [-0.25, -0.2) is 4.39 Å². The highest BCUT2D eigenvalue weighted by Crippen LogP contribution is 2.25. The smallest absolute Gasteiger partial charge is 0.136 e. The fourth-order valence-electron chi connectivity index (χ4n) is 1.96. The number of hydrogen-bond acceptors (Lipinski definition) is 2. The van der Waals surface area contributed by atoms with Crippen molar-refractivity contribution in [2.24, 2.45) is 5.73 Å². The van der Waals surface area contributed by atoms with Crippen LogP contribution in [0.2, 0.25) is 0 Å². The number of amidine groups is 1. The van der Waals surface area contributed by atoms with Crippen LogP contribution < -0.4 is 10.6 Å². The van der Waals surface area contributed by atoms with Gasteiger partial charge in [0.2, 0.25) is 0 Å². The van der Waals surface area contributed by atoms with E-state index in [9.17, 15) is 4.39 Å². The highest BCUT2D eigenvalue weighted by atomic mass is 19.1. The minimum atomic E-state index is -0.434. The van der Waals surface area contributed by atoms with Crippen LogP contribution in [0.1, 0.15) is 32.8 Å². The van der Waals surface area contributed by atoms with Crippen molar-refractivity contribution >= 4 is 11.5 Å². The number of anilines is 1. The molecule has 4 heteroatoms. The van der Waals surface area contributed by atoms with Crippen LogP contribution in [0.15, 0.2) is 18.2 Å². The summed E-state index contributed by atoms with van der Waals surface area (Å²) in [6, 6.07) is 5.10. The average molecular weight is 237 g/mol. The minimum Gasteiger partial charge on any atom is -0.384 e. The largest absolute Gasteiger partial charge is 0.384 e. The Morgan fingerprint density at radius 2 is 2.12 bits per heavy atom. The molecule has 94 valence electrons. The third-order valence-corrected chi connectivity index (χ3v) is 3.03. The Morgan fingerprint density at radius 1 is 1.47 bits per heavy atom. The van der Waals surface area contributed by atoms with E-state index in [0.29, 0.717) is 11.7 Å². The maximum Gasteiger partial charge on any atom is 0.136 e. The molecule has 0 bridgehead atoms. The average Bonchev–Trinajstić information content (AvgIpc) is 2.29. The van der Waals surface area contributed by atoms with Gasteiger partial charge >= 0.3 is 0 Å². The number of nitrogens with one attached hydrogen (secondary N) is 1. The van der Waals surface area contributed by atoms with Gasteiger partial charge in [0.1, 0.15) is 11.7 Å². The van der Waals surface area contributed by atoms with E-state index in [-0.39, 0.29) is 11.4 Å². The summed E-state index contributed by atoms with van der Waals surface area (Å²) in [6.45, 7) is 6.94. The first-order valence-corrected chi connectivity index (χ1v) is 5.92. The first-order chi connectivity index (χ1) is 8.02. The zero-order chi connectivity index (χ0) is 13.0. The van der Waals surface area contributed by atoms with E-state index in [1.807, 2.05) is 13.0 Å². The van der Waals surface area contributed by atoms with Crippen LogP contribution in [0.5, 0.6) is 0 Å². The lowest BCUT2D eigenvalue weighted by atomic mass is 10.1. The molecule has 0 spiro atoms. The Balaban J connectivity index is 3.28. The number of rotatable bonds is 5. The van der Waals surface area contributed by atoms with Crippen molar-refractivity contribution in [3.05, 3.63) is 29.6 Å². The number of nitrogen functional groups attached to an aromatic ring is 1. The summed E-state index contributed by atoms with van der Waals surface area (Å²) in [5.74, 6) is -0.656. The van der Waals surface area contributed by atoms with E-state index >= 15 is 0 Å². The Hall–Kier alpha value is -1.58. The molecule has 0 saturated heterocycles. The van der Waals surface area contributed by atoms with Crippen LogP contribution in [0.3, 0.4) is 0 Å². The molecular formula is C13H20FN3. The Kier molecular flexibility index (Phi) is 4.49. The summed E-state index contributed by atoms with van der Waals surface area (Å²) in [6.07, 6.45) is 0.960. The summed E-state index contributed by atoms with van der Waals surface area (Å²) in [5, 5.41) is 7.49. The monoisotopic (exact) mass is 237 g/mol. The topological polar surface area (TPSA) is 53.1 Å². The number of nitrogens with zero attached hydrogens (tertiary/aromatic N) is 1. The molecule has 0 heterocycles. The zero-order valence-corrected chi connectivity index (χ0v) is 10.6. The van der Waals surface area contributed by atoms with Crippen molar-refractivity contribution in [3.63, 3.8) is 0 Å². The maximum atomic E-state index is 13.7. The van der Waals surface area contributed by atoms with Crippen LogP contribution in [0, 0.1) is 11.2 Å². The van der Waals surface area contributed by atoms with E-state index in [4.69, 9.17) is 11.1 Å². The van der Waals surface area contributed by atoms with E-state index in [0.717, 1.165) is 13.0 Å². The molecule has 0 fully saturated rings. The first kappa shape index (κ1) is 13.5. The van der Waals surface area contributed by atoms with Crippen molar-refractivity contribution in [3.8, 4) is 0 Å². The van der Waals surface area contributed by atoms with Crippen LogP contribution in [0.25, 0.3) is 0 Å². The second kappa shape index (κ2) is 5.66. The third-order valence-electron chi connectivity index (χ3n) is 3.03. The Bertz CT molecular complexity index is 404. The molecule has 0 saturated carbocycles. The number of halogens is 1. The molecule has 1 rings (SSSR count). The van der Waals surface area contributed by atoms with Gasteiger partial charge in [0.15, 0.2) is 0 Å². The SMILES string of the molecule is CCC(C)N(CC)c1cccc(F)c1C(=N)N. The molecule has 17 heavy (non-hydrogen) atoms. The summed E-state index contributed by atoms with van der Waals surface area (Å²) < 4.78 is 13.7. The van der Waals surface area contributed by atoms with Gasteiger partial charge in [-0.05, 0) is 32.4 Å². The summed E-state index contributed by atoms with van der Waals surface area (Å²) >= 11 is 0. The summed E-state index contributed by atoms with van der Waals surface area (Å²) in [7, 11) is 0. The van der Waals surface area contributed by atoms with Gasteiger partial charge in [-0.1, -0.05) is 13.0 Å². The highest BCUT2D eigenvalue weighted by molar-refractivity contribution is 6.00. The zero-order valence-electron chi connectivity index (χ0n) is 10.6. The second-order valence-electron chi connectivity index (χ2n) is 4.09. The molecule has 1 unspecified atom stereocenters. The number of nitrogens with two attached hydrogens (primary N) is 1. The lowest BCUT2D eigenvalue weighted by Gasteiger charge is -2.31. The van der Waals surface area contributed by atoms with Crippen LogP contribution in [0.4, 0.5) is 10.1 Å². The van der Waals surface area contributed by atoms with Crippen molar-refractivity contribution in [1.29, 1.82) is 5.41 Å². The molecular weight excluding hydrogens is 217 g/mol. The fourth-order valence-corrected chi connectivity index (χ4v) is 1.96. The molecule has 0 aliphatic rings. The molecule has 0 aliphatic carbocycles. The lowest BCUT2D eigenvalue weighted by Crippen LogP contribution is -2.34. The molecule has 0 radical (unpaired) electrons. The summed E-state index contributed by atoms with van der Waals surface area (Å²) in [5.41, 5.74) is 6.37. The predicted octanol–water partition coefficient (Wildman–Crippen LogP) is 2.73. The number of benzene rings is 1. The van der Waals surface area contributed by atoms with Crippen molar-refractivity contribution in [2.75, 3.05) is 11.4 Å². The maximum absolute atomic E-state index is 13.7. The molecule has 1 aromatic rings. The molecule has 0 aliphatic heterocycles. The Morgan fingerprint density at radius 3 is 2.59 bits per heavy atom. The molecule has 1 atom stereocenters. The standard InChI is InChI=1S/C13H20FN3/c1-4-9(3)17(5-2)11-8-6-7-10(14)12(11)13(15)16/h6-9H,4-5H2,1-3H3,(H3,15,16). The van der Waals surface area contributed by atoms with E-state index in [1.165, 1.54) is 6.07 Å². The Labute approximate surface area is 102 Å². The van der Waals surface area contributed by atoms with Gasteiger partial charge in [0, 0.05) is 12.6 Å². The van der Waals surface area contributed by atoms with Gasteiger partial charge in [0.25, 0.3) is 0 Å². The fraction of sp³-hybridized carbons (Fsp3) is 0.462. The minimum absolute atomic E-state index is 0.203. The second-order valence-corrected chi connectivity index (χ2v) is 4.09. The molecule has 0 amide bonds. The van der Waals surface area contributed by atoms with Gasteiger partial charge in [0.05, 0.1) is 11.3 Å². The number of hydrogen-bond donors (Lipinski definition) is 2. The van der Waals surface area contributed by atoms with E-state index in [2.05, 4.69) is 18.7 Å². The lowest BCUT2D eigenvalue weighted by molar-refractivity contribution is 0.609. The molecule has 0 aromatic heterocycles. The van der Waals surface area contributed by atoms with Gasteiger partial charge in [-0.2, -0.15) is 0 Å². The third kappa shape index (κ3) is 2.75. The van der Waals surface area contributed by atoms with Gasteiger partial charge in [-0.15, -0.1) is 0 Å². The van der Waals surface area contributed by atoms with Crippen LogP contribution >= 0.6 is 0 Å². The normalized spacial score (nSPS) is 12.2. The van der Waals surface area contributed by atoms with Crippen molar-refractivity contribution in [1.82, 2.24) is 0 Å². The predicted molar refractivity (Wildman–Crippen MR) is 70.2 cm³/mol. The molecule has 1 aromatic carbocycles. The first-order valence-electron chi connectivity index (χ1n) is 5.92. The quantitative estimate of drug-likeness (QED) is 0.611. The van der Waals surface area contributed by atoms with Crippen molar-refractivity contribution < 1.29 is 4.39 Å². The van der Waals surface area contributed by atoms with E-state index < -0.39 is 5.82 Å². The van der Waals surface area contributed by atoms with Crippen molar-refractivity contribution in [2.45, 2.75) is 33.2 Å². The molecule has 3 nitrogen and oxygen atoms in total. The van der Waals surface area contributed by atoms with Gasteiger partial charge < -0.3 is 10.6 Å².